The lowest BCUT2D eigenvalue weighted by Gasteiger charge is -2.07. The summed E-state index contributed by atoms with van der Waals surface area (Å²) < 4.78 is 0. The number of para-hydroxylation sites is 1. The van der Waals surface area contributed by atoms with Gasteiger partial charge >= 0.3 is 0 Å². The minimum atomic E-state index is -0.434. The summed E-state index contributed by atoms with van der Waals surface area (Å²) >= 11 is 11.7. The number of halogens is 2. The van der Waals surface area contributed by atoms with Crippen LogP contribution in [0.15, 0.2) is 42.5 Å². The predicted octanol–water partition coefficient (Wildman–Crippen LogP) is 3.24. The van der Waals surface area contributed by atoms with E-state index in [1.54, 1.807) is 18.2 Å². The molecule has 0 unspecified atom stereocenters. The highest BCUT2D eigenvalue weighted by atomic mass is 35.5. The first kappa shape index (κ1) is 16.3. The van der Waals surface area contributed by atoms with Gasteiger partial charge in [0.1, 0.15) is 0 Å². The first-order chi connectivity index (χ1) is 11.5. The molecule has 8 heteroatoms. The van der Waals surface area contributed by atoms with Crippen LogP contribution < -0.4 is 10.6 Å². The maximum absolute atomic E-state index is 12.2. The van der Waals surface area contributed by atoms with Crippen LogP contribution in [0, 0.1) is 0 Å². The van der Waals surface area contributed by atoms with Gasteiger partial charge in [-0.2, -0.15) is 5.10 Å². The fraction of sp³-hybridized carbons (Fsp3) is 0.0625. The molecule has 0 atom stereocenters. The van der Waals surface area contributed by atoms with Crippen molar-refractivity contribution in [1.29, 1.82) is 0 Å². The number of benzene rings is 2. The molecule has 0 aliphatic heterocycles. The van der Waals surface area contributed by atoms with E-state index in [0.29, 0.717) is 21.1 Å². The van der Waals surface area contributed by atoms with Crippen LogP contribution in [0.1, 0.15) is 10.5 Å². The van der Waals surface area contributed by atoms with Crippen LogP contribution in [0.25, 0.3) is 10.9 Å². The van der Waals surface area contributed by atoms with E-state index in [9.17, 15) is 9.59 Å². The van der Waals surface area contributed by atoms with Gasteiger partial charge < -0.3 is 10.6 Å². The lowest BCUT2D eigenvalue weighted by Crippen LogP contribution is -2.33. The molecule has 1 aromatic heterocycles. The molecule has 3 N–H and O–H groups in total. The Morgan fingerprint density at radius 2 is 1.88 bits per heavy atom. The Bertz CT molecular complexity index is 923. The van der Waals surface area contributed by atoms with Crippen LogP contribution in [0.3, 0.4) is 0 Å². The van der Waals surface area contributed by atoms with Crippen molar-refractivity contribution in [3.05, 3.63) is 58.2 Å². The Morgan fingerprint density at radius 1 is 1.08 bits per heavy atom. The van der Waals surface area contributed by atoms with Crippen LogP contribution in [0.4, 0.5) is 5.69 Å². The number of carbonyl (C=O) groups is 2. The largest absolute Gasteiger partial charge is 0.342 e. The average Bonchev–Trinajstić information content (AvgIpc) is 3.00. The van der Waals surface area contributed by atoms with Gasteiger partial charge in [0.25, 0.3) is 5.91 Å². The van der Waals surface area contributed by atoms with Crippen LogP contribution in [-0.4, -0.2) is 28.6 Å². The Kier molecular flexibility index (Phi) is 4.69. The average molecular weight is 363 g/mol. The van der Waals surface area contributed by atoms with Gasteiger partial charge in [-0.15, -0.1) is 0 Å². The summed E-state index contributed by atoms with van der Waals surface area (Å²) in [5.41, 5.74) is 1.49. The minimum Gasteiger partial charge on any atom is -0.342 e. The van der Waals surface area contributed by atoms with Crippen molar-refractivity contribution in [2.24, 2.45) is 0 Å². The standard InChI is InChI=1S/C16H12Cl2N4O2/c17-11-6-5-9(7-12(11)18)20-14(23)8-19-16(24)15-10-3-1-2-4-13(10)21-22-15/h1-7H,8H2,(H,19,24)(H,20,23)(H,21,22). The number of rotatable bonds is 4. The van der Waals surface area contributed by atoms with E-state index in [2.05, 4.69) is 20.8 Å². The van der Waals surface area contributed by atoms with Crippen molar-refractivity contribution in [2.75, 3.05) is 11.9 Å². The number of aromatic amines is 1. The van der Waals surface area contributed by atoms with Gasteiger partial charge in [-0.3, -0.25) is 14.7 Å². The fourth-order valence-electron chi connectivity index (χ4n) is 2.16. The number of hydrogen-bond donors (Lipinski definition) is 3. The second-order valence-corrected chi connectivity index (χ2v) is 5.79. The molecule has 24 heavy (non-hydrogen) atoms. The van der Waals surface area contributed by atoms with Gasteiger partial charge in [-0.25, -0.2) is 0 Å². The molecule has 6 nitrogen and oxygen atoms in total. The SMILES string of the molecule is O=C(CNC(=O)c1n[nH]c2ccccc12)Nc1ccc(Cl)c(Cl)c1. The summed E-state index contributed by atoms with van der Waals surface area (Å²) in [6.07, 6.45) is 0. The summed E-state index contributed by atoms with van der Waals surface area (Å²) in [5.74, 6) is -0.821. The fourth-order valence-corrected chi connectivity index (χ4v) is 2.46. The summed E-state index contributed by atoms with van der Waals surface area (Å²) in [4.78, 5) is 24.1. The van der Waals surface area contributed by atoms with E-state index in [4.69, 9.17) is 23.2 Å². The van der Waals surface area contributed by atoms with Gasteiger partial charge in [0.15, 0.2) is 5.69 Å². The van der Waals surface area contributed by atoms with Crippen molar-refractivity contribution in [2.45, 2.75) is 0 Å². The van der Waals surface area contributed by atoms with Gasteiger partial charge in [0.05, 0.1) is 22.1 Å². The van der Waals surface area contributed by atoms with E-state index in [1.165, 1.54) is 6.07 Å². The molecular weight excluding hydrogens is 351 g/mol. The van der Waals surface area contributed by atoms with E-state index < -0.39 is 5.91 Å². The van der Waals surface area contributed by atoms with Crippen LogP contribution in [-0.2, 0) is 4.79 Å². The van der Waals surface area contributed by atoms with Gasteiger partial charge in [0.2, 0.25) is 5.91 Å². The van der Waals surface area contributed by atoms with Crippen molar-refractivity contribution in [3.8, 4) is 0 Å². The Morgan fingerprint density at radius 3 is 2.67 bits per heavy atom. The van der Waals surface area contributed by atoms with E-state index in [0.717, 1.165) is 5.52 Å². The van der Waals surface area contributed by atoms with Crippen LogP contribution >= 0.6 is 23.2 Å². The molecule has 3 aromatic rings. The lowest BCUT2D eigenvalue weighted by molar-refractivity contribution is -0.115. The van der Waals surface area contributed by atoms with E-state index >= 15 is 0 Å². The molecular formula is C16H12Cl2N4O2. The third-order valence-electron chi connectivity index (χ3n) is 3.30. The molecule has 0 aliphatic rings. The highest BCUT2D eigenvalue weighted by Crippen LogP contribution is 2.24. The lowest BCUT2D eigenvalue weighted by atomic mass is 10.2. The number of hydrogen-bond acceptors (Lipinski definition) is 3. The predicted molar refractivity (Wildman–Crippen MR) is 93.5 cm³/mol. The Hall–Kier alpha value is -2.57. The molecule has 2 aromatic carbocycles. The Balaban J connectivity index is 1.61. The molecule has 0 saturated heterocycles. The normalized spacial score (nSPS) is 10.6. The number of anilines is 1. The van der Waals surface area contributed by atoms with Crippen LogP contribution in [0.2, 0.25) is 10.0 Å². The number of nitrogens with zero attached hydrogens (tertiary/aromatic N) is 1. The zero-order chi connectivity index (χ0) is 17.1. The summed E-state index contributed by atoms with van der Waals surface area (Å²) in [7, 11) is 0. The van der Waals surface area contributed by atoms with Gasteiger partial charge in [-0.05, 0) is 24.3 Å². The minimum absolute atomic E-state index is 0.194. The van der Waals surface area contributed by atoms with Crippen molar-refractivity contribution >= 4 is 51.6 Å². The number of H-pyrrole nitrogens is 1. The second-order valence-electron chi connectivity index (χ2n) is 4.98. The molecule has 0 radical (unpaired) electrons. The molecule has 2 amide bonds. The third-order valence-corrected chi connectivity index (χ3v) is 4.04. The maximum Gasteiger partial charge on any atom is 0.272 e. The first-order valence-electron chi connectivity index (χ1n) is 7.01. The van der Waals surface area contributed by atoms with Crippen molar-refractivity contribution < 1.29 is 9.59 Å². The quantitative estimate of drug-likeness (QED) is 0.665. The van der Waals surface area contributed by atoms with Crippen molar-refractivity contribution in [1.82, 2.24) is 15.5 Å². The van der Waals surface area contributed by atoms with Crippen LogP contribution in [0.5, 0.6) is 0 Å². The number of carbonyl (C=O) groups excluding carboxylic acids is 2. The summed E-state index contributed by atoms with van der Waals surface area (Å²) in [6, 6.07) is 12.0. The molecule has 0 saturated carbocycles. The number of fused-ring (bicyclic) bond motifs is 1. The molecule has 0 spiro atoms. The highest BCUT2D eigenvalue weighted by molar-refractivity contribution is 6.42. The van der Waals surface area contributed by atoms with E-state index in [1.807, 2.05) is 18.2 Å². The Labute approximate surface area is 147 Å². The smallest absolute Gasteiger partial charge is 0.272 e. The number of nitrogens with one attached hydrogen (secondary N) is 3. The number of aromatic nitrogens is 2. The molecule has 0 aliphatic carbocycles. The zero-order valence-electron chi connectivity index (χ0n) is 12.3. The van der Waals surface area contributed by atoms with Gasteiger partial charge in [-0.1, -0.05) is 41.4 Å². The molecule has 122 valence electrons. The topological polar surface area (TPSA) is 86.9 Å². The maximum atomic E-state index is 12.2. The molecule has 0 fully saturated rings. The summed E-state index contributed by atoms with van der Waals surface area (Å²) in [6.45, 7) is -0.194. The highest BCUT2D eigenvalue weighted by Gasteiger charge is 2.14. The molecule has 0 bridgehead atoms. The summed E-state index contributed by atoms with van der Waals surface area (Å²) in [5, 5.41) is 13.3. The third kappa shape index (κ3) is 3.50. The van der Waals surface area contributed by atoms with Crippen molar-refractivity contribution in [3.63, 3.8) is 0 Å². The number of amides is 2. The molecule has 3 rings (SSSR count). The zero-order valence-corrected chi connectivity index (χ0v) is 13.8. The second kappa shape index (κ2) is 6.90. The van der Waals surface area contributed by atoms with Gasteiger partial charge in [0, 0.05) is 11.1 Å². The molecule has 1 heterocycles. The van der Waals surface area contributed by atoms with E-state index in [-0.39, 0.29) is 18.1 Å². The first-order valence-corrected chi connectivity index (χ1v) is 7.76. The monoisotopic (exact) mass is 362 g/mol.